The molecule has 0 saturated carbocycles. The molecule has 0 radical (unpaired) electrons. The van der Waals surface area contributed by atoms with Gasteiger partial charge in [0, 0.05) is 12.0 Å². The third-order valence-electron chi connectivity index (χ3n) is 3.74. The van der Waals surface area contributed by atoms with Crippen LogP contribution >= 0.6 is 0 Å². The molecule has 0 aliphatic heterocycles. The summed E-state index contributed by atoms with van der Waals surface area (Å²) in [4.78, 5) is 22.9. The monoisotopic (exact) mass is 294 g/mol. The number of carbonyl (C=O) groups is 2. The lowest BCUT2D eigenvalue weighted by molar-refractivity contribution is -0.148. The highest BCUT2D eigenvalue weighted by molar-refractivity contribution is 6.07. The van der Waals surface area contributed by atoms with Gasteiger partial charge in [0.05, 0.1) is 0 Å². The van der Waals surface area contributed by atoms with E-state index in [2.05, 4.69) is 6.58 Å². The summed E-state index contributed by atoms with van der Waals surface area (Å²) in [5, 5.41) is 9.16. The summed E-state index contributed by atoms with van der Waals surface area (Å²) >= 11 is 0. The number of hydrogen-bond donors (Lipinski definition) is 1. The number of hydrogen-bond acceptors (Lipinski definition) is 3. The van der Waals surface area contributed by atoms with E-state index < -0.39 is 17.9 Å². The fraction of sp³-hybridized carbons (Fsp3) is 0.111. The van der Waals surface area contributed by atoms with Crippen molar-refractivity contribution < 1.29 is 19.4 Å². The van der Waals surface area contributed by atoms with Gasteiger partial charge in [-0.1, -0.05) is 43.0 Å². The van der Waals surface area contributed by atoms with Crippen LogP contribution in [-0.4, -0.2) is 23.0 Å². The lowest BCUT2D eigenvalue weighted by Crippen LogP contribution is -2.34. The second kappa shape index (κ2) is 5.48. The number of carboxylic acid groups (broad SMARTS) is 1. The van der Waals surface area contributed by atoms with Crippen molar-refractivity contribution in [1.29, 1.82) is 0 Å². The summed E-state index contributed by atoms with van der Waals surface area (Å²) in [6, 6.07) is 13.4. The SMILES string of the molecule is C=CC(=O)C(Oc1cccc2c1Cc1ccccc1-2)C(=O)O. The number of ketones is 1. The van der Waals surface area contributed by atoms with Crippen LogP contribution in [0.3, 0.4) is 0 Å². The third-order valence-corrected chi connectivity index (χ3v) is 3.74. The average molecular weight is 294 g/mol. The first kappa shape index (κ1) is 14.1. The molecule has 0 spiro atoms. The van der Waals surface area contributed by atoms with Crippen LogP contribution < -0.4 is 4.74 Å². The molecule has 22 heavy (non-hydrogen) atoms. The molecule has 0 bridgehead atoms. The molecular weight excluding hydrogens is 280 g/mol. The van der Waals surface area contributed by atoms with Gasteiger partial charge in [-0.15, -0.1) is 0 Å². The van der Waals surface area contributed by atoms with Crippen molar-refractivity contribution in [2.24, 2.45) is 0 Å². The molecule has 2 aromatic rings. The lowest BCUT2D eigenvalue weighted by Gasteiger charge is -2.15. The van der Waals surface area contributed by atoms with E-state index in [1.807, 2.05) is 30.3 Å². The zero-order valence-corrected chi connectivity index (χ0v) is 11.8. The predicted octanol–water partition coefficient (Wildman–Crippen LogP) is 2.84. The van der Waals surface area contributed by atoms with Crippen LogP contribution in [0.2, 0.25) is 0 Å². The Kier molecular flexibility index (Phi) is 3.51. The number of fused-ring (bicyclic) bond motifs is 3. The van der Waals surface area contributed by atoms with Crippen molar-refractivity contribution in [3.63, 3.8) is 0 Å². The number of benzene rings is 2. The Morgan fingerprint density at radius 2 is 1.86 bits per heavy atom. The smallest absolute Gasteiger partial charge is 0.353 e. The number of rotatable bonds is 5. The van der Waals surface area contributed by atoms with Gasteiger partial charge in [0.2, 0.25) is 5.78 Å². The van der Waals surface area contributed by atoms with Gasteiger partial charge >= 0.3 is 5.97 Å². The summed E-state index contributed by atoms with van der Waals surface area (Å²) in [5.41, 5.74) is 4.20. The zero-order valence-electron chi connectivity index (χ0n) is 11.8. The molecule has 1 N–H and O–H groups in total. The first-order valence-corrected chi connectivity index (χ1v) is 6.87. The maximum atomic E-state index is 11.7. The molecule has 4 nitrogen and oxygen atoms in total. The Balaban J connectivity index is 1.99. The molecule has 4 heteroatoms. The van der Waals surface area contributed by atoms with Crippen molar-refractivity contribution in [2.45, 2.75) is 12.5 Å². The molecule has 1 unspecified atom stereocenters. The maximum Gasteiger partial charge on any atom is 0.353 e. The first-order chi connectivity index (χ1) is 10.6. The van der Waals surface area contributed by atoms with Gasteiger partial charge in [-0.2, -0.15) is 0 Å². The quantitative estimate of drug-likeness (QED) is 0.580. The second-order valence-electron chi connectivity index (χ2n) is 5.06. The molecule has 1 atom stereocenters. The molecule has 0 saturated heterocycles. The van der Waals surface area contributed by atoms with Crippen LogP contribution in [0.15, 0.2) is 55.1 Å². The zero-order chi connectivity index (χ0) is 15.7. The van der Waals surface area contributed by atoms with E-state index in [0.717, 1.165) is 28.3 Å². The second-order valence-corrected chi connectivity index (χ2v) is 5.06. The van der Waals surface area contributed by atoms with E-state index in [9.17, 15) is 9.59 Å². The van der Waals surface area contributed by atoms with Gasteiger partial charge in [-0.25, -0.2) is 4.79 Å². The fourth-order valence-electron chi connectivity index (χ4n) is 2.70. The number of ether oxygens (including phenoxy) is 1. The highest BCUT2D eigenvalue weighted by Gasteiger charge is 2.29. The molecule has 0 fully saturated rings. The van der Waals surface area contributed by atoms with E-state index >= 15 is 0 Å². The van der Waals surface area contributed by atoms with Gasteiger partial charge in [-0.3, -0.25) is 4.79 Å². The molecule has 1 aliphatic rings. The molecule has 1 aliphatic carbocycles. The van der Waals surface area contributed by atoms with Gasteiger partial charge in [0.25, 0.3) is 6.10 Å². The molecule has 0 heterocycles. The van der Waals surface area contributed by atoms with Crippen LogP contribution in [0, 0.1) is 0 Å². The topological polar surface area (TPSA) is 63.6 Å². The van der Waals surface area contributed by atoms with E-state index in [1.54, 1.807) is 12.1 Å². The summed E-state index contributed by atoms with van der Waals surface area (Å²) in [5.74, 6) is -1.56. The minimum absolute atomic E-state index is 0.427. The Bertz CT molecular complexity index is 776. The highest BCUT2D eigenvalue weighted by Crippen LogP contribution is 2.41. The molecule has 2 aromatic carbocycles. The Morgan fingerprint density at radius 3 is 2.59 bits per heavy atom. The van der Waals surface area contributed by atoms with Gasteiger partial charge in [0.1, 0.15) is 5.75 Å². The number of carboxylic acids is 1. The Labute approximate surface area is 127 Å². The highest BCUT2D eigenvalue weighted by atomic mass is 16.5. The van der Waals surface area contributed by atoms with Crippen LogP contribution in [-0.2, 0) is 16.0 Å². The maximum absolute atomic E-state index is 11.7. The summed E-state index contributed by atoms with van der Waals surface area (Å²) < 4.78 is 5.48. The minimum Gasteiger partial charge on any atom is -0.478 e. The van der Waals surface area contributed by atoms with Crippen molar-refractivity contribution in [1.82, 2.24) is 0 Å². The first-order valence-electron chi connectivity index (χ1n) is 6.87. The lowest BCUT2D eigenvalue weighted by atomic mass is 10.1. The average Bonchev–Trinajstić information content (AvgIpc) is 2.91. The normalized spacial score (nSPS) is 12.9. The van der Waals surface area contributed by atoms with Crippen molar-refractivity contribution in [2.75, 3.05) is 0 Å². The molecule has 0 aromatic heterocycles. The standard InChI is InChI=1S/C18H14O4/c1-2-15(19)17(18(20)21)22-16-9-5-8-13-12-7-4-3-6-11(12)10-14(13)16/h2-9,17H,1,10H2,(H,20,21). The van der Waals surface area contributed by atoms with Gasteiger partial charge < -0.3 is 9.84 Å². The summed E-state index contributed by atoms with van der Waals surface area (Å²) in [6.45, 7) is 3.32. The molecular formula is C18H14O4. The Morgan fingerprint density at radius 1 is 1.14 bits per heavy atom. The van der Waals surface area contributed by atoms with Gasteiger partial charge in [-0.05, 0) is 28.8 Å². The van der Waals surface area contributed by atoms with Crippen LogP contribution in [0.25, 0.3) is 11.1 Å². The molecule has 0 amide bonds. The summed E-state index contributed by atoms with van der Waals surface area (Å²) in [7, 11) is 0. The number of aliphatic carboxylic acids is 1. The van der Waals surface area contributed by atoms with Crippen molar-refractivity contribution in [3.05, 3.63) is 66.2 Å². The van der Waals surface area contributed by atoms with E-state index in [4.69, 9.17) is 9.84 Å². The minimum atomic E-state index is -1.56. The molecule has 3 rings (SSSR count). The van der Waals surface area contributed by atoms with Gasteiger partial charge in [0.15, 0.2) is 0 Å². The molecule has 110 valence electrons. The fourth-order valence-corrected chi connectivity index (χ4v) is 2.70. The Hall–Kier alpha value is -2.88. The van der Waals surface area contributed by atoms with Crippen molar-refractivity contribution in [3.8, 4) is 16.9 Å². The number of carbonyl (C=O) groups excluding carboxylic acids is 1. The van der Waals surface area contributed by atoms with E-state index in [1.165, 1.54) is 0 Å². The predicted molar refractivity (Wildman–Crippen MR) is 81.9 cm³/mol. The van der Waals surface area contributed by atoms with Crippen LogP contribution in [0.1, 0.15) is 11.1 Å². The van der Waals surface area contributed by atoms with Crippen LogP contribution in [0.5, 0.6) is 5.75 Å². The van der Waals surface area contributed by atoms with Crippen LogP contribution in [0.4, 0.5) is 0 Å². The van der Waals surface area contributed by atoms with E-state index in [-0.39, 0.29) is 0 Å². The summed E-state index contributed by atoms with van der Waals surface area (Å²) in [6.07, 6.45) is 0.0696. The van der Waals surface area contributed by atoms with E-state index in [0.29, 0.717) is 12.2 Å². The van der Waals surface area contributed by atoms with Crippen molar-refractivity contribution >= 4 is 11.8 Å². The largest absolute Gasteiger partial charge is 0.478 e. The third kappa shape index (κ3) is 2.29.